The second-order valence-corrected chi connectivity index (χ2v) is 5.87. The molecule has 0 spiro atoms. The first-order chi connectivity index (χ1) is 10.2. The molecule has 1 N–H and O–H groups in total. The van der Waals surface area contributed by atoms with E-state index in [2.05, 4.69) is 57.9 Å². The van der Waals surface area contributed by atoms with Crippen molar-refractivity contribution in [2.75, 3.05) is 7.05 Å². The Morgan fingerprint density at radius 2 is 2.10 bits per heavy atom. The molecule has 0 aliphatic carbocycles. The first-order valence-corrected chi connectivity index (χ1v) is 8.42. The Hall–Kier alpha value is -1.07. The van der Waals surface area contributed by atoms with Crippen LogP contribution in [0, 0.1) is 0 Å². The van der Waals surface area contributed by atoms with Crippen LogP contribution in [0.15, 0.2) is 21.2 Å². The lowest BCUT2D eigenvalue weighted by atomic mass is 10.0. The van der Waals surface area contributed by atoms with E-state index in [-0.39, 0.29) is 6.04 Å². The molecule has 21 heavy (non-hydrogen) atoms. The van der Waals surface area contributed by atoms with Gasteiger partial charge in [0.15, 0.2) is 0 Å². The molecule has 1 unspecified atom stereocenters. The van der Waals surface area contributed by atoms with Crippen LogP contribution >= 0.6 is 15.9 Å². The van der Waals surface area contributed by atoms with Crippen LogP contribution in [0.25, 0.3) is 0 Å². The second-order valence-electron chi connectivity index (χ2n) is 5.07. The molecule has 2 rings (SSSR count). The molecule has 0 bridgehead atoms. The normalized spacial score (nSPS) is 12.8. The lowest BCUT2D eigenvalue weighted by Crippen LogP contribution is -2.21. The highest BCUT2D eigenvalue weighted by Crippen LogP contribution is 2.29. The van der Waals surface area contributed by atoms with Gasteiger partial charge >= 0.3 is 0 Å². The number of rotatable bonds is 7. The average molecular weight is 354 g/mol. The van der Waals surface area contributed by atoms with Gasteiger partial charge in [-0.05, 0) is 42.4 Å². The molecule has 5 heteroatoms. The molecule has 2 aromatic rings. The van der Waals surface area contributed by atoms with Gasteiger partial charge in [0.25, 0.3) is 0 Å². The minimum atomic E-state index is 0.238. The summed E-state index contributed by atoms with van der Waals surface area (Å²) in [6.07, 6.45) is 4.53. The third kappa shape index (κ3) is 3.24. The highest BCUT2D eigenvalue weighted by Gasteiger charge is 2.21. The minimum Gasteiger partial charge on any atom is -0.469 e. The van der Waals surface area contributed by atoms with Crippen molar-refractivity contribution in [3.63, 3.8) is 0 Å². The molecule has 116 valence electrons. The Morgan fingerprint density at radius 1 is 1.33 bits per heavy atom. The molecule has 0 radical (unpaired) electrons. The predicted octanol–water partition coefficient (Wildman–Crippen LogP) is 3.89. The minimum absolute atomic E-state index is 0.238. The Balaban J connectivity index is 2.33. The van der Waals surface area contributed by atoms with E-state index >= 15 is 0 Å². The monoisotopic (exact) mass is 353 g/mol. The van der Waals surface area contributed by atoms with Crippen LogP contribution in [0.4, 0.5) is 0 Å². The van der Waals surface area contributed by atoms with Crippen LogP contribution in [0.5, 0.6) is 0 Å². The predicted molar refractivity (Wildman–Crippen MR) is 88.6 cm³/mol. The Labute approximate surface area is 135 Å². The Morgan fingerprint density at radius 3 is 2.67 bits per heavy atom. The molecule has 0 aromatic carbocycles. The number of furan rings is 1. The third-order valence-electron chi connectivity index (χ3n) is 3.92. The van der Waals surface area contributed by atoms with Crippen molar-refractivity contribution in [1.29, 1.82) is 0 Å². The molecule has 0 saturated carbocycles. The highest BCUT2D eigenvalue weighted by atomic mass is 79.9. The highest BCUT2D eigenvalue weighted by molar-refractivity contribution is 9.10. The van der Waals surface area contributed by atoms with E-state index in [4.69, 9.17) is 4.42 Å². The van der Waals surface area contributed by atoms with Crippen molar-refractivity contribution in [2.24, 2.45) is 0 Å². The van der Waals surface area contributed by atoms with E-state index in [0.717, 1.165) is 41.7 Å². The maximum Gasteiger partial charge on any atom is 0.108 e. The van der Waals surface area contributed by atoms with Crippen LogP contribution in [0.3, 0.4) is 0 Å². The van der Waals surface area contributed by atoms with Gasteiger partial charge in [-0.25, -0.2) is 0 Å². The molecule has 0 amide bonds. The number of likely N-dealkylation sites (N-methyl/N-ethyl adjacent to an activating group) is 1. The fourth-order valence-corrected chi connectivity index (χ4v) is 3.45. The summed E-state index contributed by atoms with van der Waals surface area (Å²) in [5, 5.41) is 8.09. The second kappa shape index (κ2) is 7.27. The molecule has 2 heterocycles. The lowest BCUT2D eigenvalue weighted by molar-refractivity contribution is 0.488. The van der Waals surface area contributed by atoms with Crippen molar-refractivity contribution in [1.82, 2.24) is 15.1 Å². The molecule has 4 nitrogen and oxygen atoms in total. The van der Waals surface area contributed by atoms with Gasteiger partial charge < -0.3 is 9.73 Å². The average Bonchev–Trinajstić information content (AvgIpc) is 3.09. The number of hydrogen-bond donors (Lipinski definition) is 1. The first kappa shape index (κ1) is 16.3. The standard InChI is InChI=1S/C16H24BrN3O/c1-5-12-16(17)14(20(7-3)19-12)10-13(18-4)11-8-9-21-15(11)6-2/h8-9,13,18H,5-7,10H2,1-4H3. The van der Waals surface area contributed by atoms with Crippen molar-refractivity contribution < 1.29 is 4.42 Å². The maximum absolute atomic E-state index is 5.57. The molecule has 0 saturated heterocycles. The van der Waals surface area contributed by atoms with Gasteiger partial charge in [0.1, 0.15) is 5.76 Å². The Kier molecular flexibility index (Phi) is 5.65. The quantitative estimate of drug-likeness (QED) is 0.820. The summed E-state index contributed by atoms with van der Waals surface area (Å²) in [7, 11) is 2.00. The largest absolute Gasteiger partial charge is 0.469 e. The van der Waals surface area contributed by atoms with Crippen LogP contribution < -0.4 is 5.32 Å². The zero-order valence-electron chi connectivity index (χ0n) is 13.2. The van der Waals surface area contributed by atoms with Gasteiger partial charge in [0.05, 0.1) is 22.1 Å². The number of aromatic nitrogens is 2. The summed E-state index contributed by atoms with van der Waals surface area (Å²) in [6.45, 7) is 7.27. The lowest BCUT2D eigenvalue weighted by Gasteiger charge is -2.17. The summed E-state index contributed by atoms with van der Waals surface area (Å²) in [5.41, 5.74) is 3.62. The first-order valence-electron chi connectivity index (χ1n) is 7.63. The number of aryl methyl sites for hydroxylation is 3. The summed E-state index contributed by atoms with van der Waals surface area (Å²) in [6, 6.07) is 2.31. The smallest absolute Gasteiger partial charge is 0.108 e. The Bertz CT molecular complexity index is 588. The van der Waals surface area contributed by atoms with E-state index in [1.165, 1.54) is 11.3 Å². The van der Waals surface area contributed by atoms with E-state index in [9.17, 15) is 0 Å². The topological polar surface area (TPSA) is 43.0 Å². The van der Waals surface area contributed by atoms with E-state index in [1.807, 2.05) is 7.05 Å². The van der Waals surface area contributed by atoms with Crippen molar-refractivity contribution in [3.8, 4) is 0 Å². The van der Waals surface area contributed by atoms with Gasteiger partial charge in [-0.1, -0.05) is 13.8 Å². The molecular weight excluding hydrogens is 330 g/mol. The van der Waals surface area contributed by atoms with Gasteiger partial charge in [-0.2, -0.15) is 5.10 Å². The summed E-state index contributed by atoms with van der Waals surface area (Å²) >= 11 is 3.73. The fraction of sp³-hybridized carbons (Fsp3) is 0.562. The number of hydrogen-bond acceptors (Lipinski definition) is 3. The molecule has 1 atom stereocenters. The third-order valence-corrected chi connectivity index (χ3v) is 4.83. The summed E-state index contributed by atoms with van der Waals surface area (Å²) in [4.78, 5) is 0. The molecular formula is C16H24BrN3O. The zero-order valence-corrected chi connectivity index (χ0v) is 14.8. The van der Waals surface area contributed by atoms with Gasteiger partial charge in [0, 0.05) is 31.0 Å². The fourth-order valence-electron chi connectivity index (χ4n) is 2.72. The molecule has 2 aromatic heterocycles. The number of nitrogens with one attached hydrogen (secondary N) is 1. The summed E-state index contributed by atoms with van der Waals surface area (Å²) < 4.78 is 8.82. The maximum atomic E-state index is 5.57. The van der Waals surface area contributed by atoms with Crippen LogP contribution in [0.1, 0.15) is 49.5 Å². The molecule has 0 aliphatic rings. The van der Waals surface area contributed by atoms with Crippen molar-refractivity contribution in [2.45, 2.75) is 52.6 Å². The molecule has 0 aliphatic heterocycles. The van der Waals surface area contributed by atoms with Gasteiger partial charge in [0.2, 0.25) is 0 Å². The van der Waals surface area contributed by atoms with Crippen molar-refractivity contribution in [3.05, 3.63) is 39.5 Å². The van der Waals surface area contributed by atoms with Gasteiger partial charge in [-0.15, -0.1) is 0 Å². The van der Waals surface area contributed by atoms with E-state index in [1.54, 1.807) is 6.26 Å². The summed E-state index contributed by atoms with van der Waals surface area (Å²) in [5.74, 6) is 1.06. The zero-order chi connectivity index (χ0) is 15.4. The van der Waals surface area contributed by atoms with E-state index < -0.39 is 0 Å². The molecule has 0 fully saturated rings. The van der Waals surface area contributed by atoms with E-state index in [0.29, 0.717) is 0 Å². The number of halogens is 1. The SMILES string of the molecule is CCc1nn(CC)c(CC(NC)c2ccoc2CC)c1Br. The van der Waals surface area contributed by atoms with Gasteiger partial charge in [-0.3, -0.25) is 4.68 Å². The van der Waals surface area contributed by atoms with Crippen LogP contribution in [-0.2, 0) is 25.8 Å². The van der Waals surface area contributed by atoms with Crippen LogP contribution in [-0.4, -0.2) is 16.8 Å². The van der Waals surface area contributed by atoms with Crippen molar-refractivity contribution >= 4 is 15.9 Å². The van der Waals surface area contributed by atoms with Crippen LogP contribution in [0.2, 0.25) is 0 Å². The number of nitrogens with zero attached hydrogens (tertiary/aromatic N) is 2.